The van der Waals surface area contributed by atoms with Crippen molar-refractivity contribution in [3.8, 4) is 11.4 Å². The molecule has 0 unspecified atom stereocenters. The van der Waals surface area contributed by atoms with Gasteiger partial charge in [0.25, 0.3) is 0 Å². The highest BCUT2D eigenvalue weighted by atomic mass is 14.9. The Morgan fingerprint density at radius 2 is 1.22 bits per heavy atom. The first-order valence-electron chi connectivity index (χ1n) is 13.7. The lowest BCUT2D eigenvalue weighted by atomic mass is 9.78. The van der Waals surface area contributed by atoms with Crippen molar-refractivity contribution in [2.45, 2.75) is 117 Å². The van der Waals surface area contributed by atoms with Gasteiger partial charge in [-0.25, -0.2) is 9.97 Å². The third-order valence-corrected chi connectivity index (χ3v) is 7.49. The molecule has 1 saturated carbocycles. The van der Waals surface area contributed by atoms with E-state index in [9.17, 15) is 0 Å². The molecule has 1 fully saturated rings. The Bertz CT molecular complexity index is 726. The number of hydrogen-bond acceptors (Lipinski definition) is 2. The predicted molar refractivity (Wildman–Crippen MR) is 138 cm³/mol. The number of unbranched alkanes of at least 4 members (excludes halogenated alkanes) is 6. The Balaban J connectivity index is 1.37. The maximum absolute atomic E-state index is 4.68. The highest BCUT2D eigenvalue weighted by Crippen LogP contribution is 2.33. The molecule has 1 aliphatic carbocycles. The van der Waals surface area contributed by atoms with Crippen LogP contribution in [-0.2, 0) is 12.8 Å². The first-order chi connectivity index (χ1) is 15.8. The maximum atomic E-state index is 4.68. The van der Waals surface area contributed by atoms with Gasteiger partial charge in [0, 0.05) is 18.0 Å². The van der Waals surface area contributed by atoms with Gasteiger partial charge in [-0.3, -0.25) is 0 Å². The van der Waals surface area contributed by atoms with Crippen molar-refractivity contribution >= 4 is 0 Å². The minimum atomic E-state index is 0.858. The van der Waals surface area contributed by atoms with Crippen LogP contribution in [0.4, 0.5) is 0 Å². The fourth-order valence-corrected chi connectivity index (χ4v) is 5.33. The normalized spacial score (nSPS) is 18.7. The van der Waals surface area contributed by atoms with E-state index in [4.69, 9.17) is 0 Å². The zero-order valence-corrected chi connectivity index (χ0v) is 20.8. The SMILES string of the molecule is CCCCCCCCCc1ccc(-c2ncc(CC[C@H]3CC[C@H](CCC)CC3)cn2)cc1. The van der Waals surface area contributed by atoms with Gasteiger partial charge in [0.1, 0.15) is 0 Å². The van der Waals surface area contributed by atoms with Crippen molar-refractivity contribution in [1.82, 2.24) is 9.97 Å². The van der Waals surface area contributed by atoms with Crippen molar-refractivity contribution in [2.24, 2.45) is 11.8 Å². The van der Waals surface area contributed by atoms with Gasteiger partial charge in [-0.15, -0.1) is 0 Å². The van der Waals surface area contributed by atoms with E-state index in [1.165, 1.54) is 107 Å². The Hall–Kier alpha value is -1.70. The largest absolute Gasteiger partial charge is 0.236 e. The van der Waals surface area contributed by atoms with E-state index in [-0.39, 0.29) is 0 Å². The Labute approximate surface area is 197 Å². The zero-order valence-electron chi connectivity index (χ0n) is 20.8. The Morgan fingerprint density at radius 3 is 1.84 bits per heavy atom. The summed E-state index contributed by atoms with van der Waals surface area (Å²) >= 11 is 0. The standard InChI is InChI=1S/C30H46N2/c1-3-5-6-7-8-9-10-12-26-19-21-29(22-20-26)30-31-23-28(24-32-30)18-17-27-15-13-25(11-4-2)14-16-27/h19-25,27H,3-18H2,1-2H3/t25-,27-. The molecule has 176 valence electrons. The Kier molecular flexibility index (Phi) is 11.3. The third kappa shape index (κ3) is 8.68. The molecule has 1 aromatic heterocycles. The van der Waals surface area contributed by atoms with Gasteiger partial charge in [-0.05, 0) is 48.6 Å². The van der Waals surface area contributed by atoms with E-state index < -0.39 is 0 Å². The molecule has 0 bridgehead atoms. The second-order valence-electron chi connectivity index (χ2n) is 10.2. The minimum Gasteiger partial charge on any atom is -0.236 e. The molecule has 32 heavy (non-hydrogen) atoms. The van der Waals surface area contributed by atoms with Gasteiger partial charge in [0.2, 0.25) is 0 Å². The first-order valence-corrected chi connectivity index (χ1v) is 13.7. The molecule has 1 aliphatic rings. The monoisotopic (exact) mass is 434 g/mol. The summed E-state index contributed by atoms with van der Waals surface area (Å²) in [7, 11) is 0. The van der Waals surface area contributed by atoms with Gasteiger partial charge < -0.3 is 0 Å². The zero-order chi connectivity index (χ0) is 22.4. The maximum Gasteiger partial charge on any atom is 0.159 e. The van der Waals surface area contributed by atoms with Crippen LogP contribution < -0.4 is 0 Å². The van der Waals surface area contributed by atoms with Gasteiger partial charge >= 0.3 is 0 Å². The van der Waals surface area contributed by atoms with Crippen LogP contribution in [0.3, 0.4) is 0 Å². The number of aromatic nitrogens is 2. The highest BCUT2D eigenvalue weighted by Gasteiger charge is 2.20. The lowest BCUT2D eigenvalue weighted by Gasteiger charge is -2.28. The molecular formula is C30H46N2. The summed E-state index contributed by atoms with van der Waals surface area (Å²) in [6.45, 7) is 4.60. The van der Waals surface area contributed by atoms with E-state index in [1.807, 2.05) is 0 Å². The van der Waals surface area contributed by atoms with Crippen LogP contribution in [0.15, 0.2) is 36.7 Å². The van der Waals surface area contributed by atoms with Gasteiger partial charge in [0.15, 0.2) is 5.82 Å². The number of hydrogen-bond donors (Lipinski definition) is 0. The average Bonchev–Trinajstić information content (AvgIpc) is 2.84. The van der Waals surface area contributed by atoms with Crippen molar-refractivity contribution in [1.29, 1.82) is 0 Å². The number of aryl methyl sites for hydroxylation is 2. The third-order valence-electron chi connectivity index (χ3n) is 7.49. The number of benzene rings is 1. The van der Waals surface area contributed by atoms with Crippen LogP contribution >= 0.6 is 0 Å². The summed E-state index contributed by atoms with van der Waals surface area (Å²) in [5.41, 5.74) is 3.86. The predicted octanol–water partition coefficient (Wildman–Crippen LogP) is 8.98. The summed E-state index contributed by atoms with van der Waals surface area (Å²) in [4.78, 5) is 9.36. The fourth-order valence-electron chi connectivity index (χ4n) is 5.33. The number of rotatable bonds is 14. The van der Waals surface area contributed by atoms with E-state index in [0.717, 1.165) is 29.6 Å². The molecule has 0 spiro atoms. The van der Waals surface area contributed by atoms with Gasteiger partial charge in [-0.2, -0.15) is 0 Å². The van der Waals surface area contributed by atoms with E-state index >= 15 is 0 Å². The molecule has 0 atom stereocenters. The second-order valence-corrected chi connectivity index (χ2v) is 10.2. The molecule has 3 rings (SSSR count). The topological polar surface area (TPSA) is 25.8 Å². The van der Waals surface area contributed by atoms with Gasteiger partial charge in [0.05, 0.1) is 0 Å². The molecule has 2 heteroatoms. The summed E-state index contributed by atoms with van der Waals surface area (Å²) < 4.78 is 0. The molecular weight excluding hydrogens is 388 g/mol. The van der Waals surface area contributed by atoms with Crippen molar-refractivity contribution < 1.29 is 0 Å². The highest BCUT2D eigenvalue weighted by molar-refractivity contribution is 5.55. The summed E-state index contributed by atoms with van der Waals surface area (Å²) in [5.74, 6) is 2.77. The summed E-state index contributed by atoms with van der Waals surface area (Å²) in [5, 5.41) is 0. The molecule has 1 heterocycles. The second kappa shape index (κ2) is 14.4. The molecule has 1 aromatic carbocycles. The lowest BCUT2D eigenvalue weighted by Crippen LogP contribution is -2.15. The molecule has 0 aliphatic heterocycles. The van der Waals surface area contributed by atoms with Crippen molar-refractivity contribution in [3.63, 3.8) is 0 Å². The number of nitrogens with zero attached hydrogens (tertiary/aromatic N) is 2. The van der Waals surface area contributed by atoms with E-state index in [2.05, 4.69) is 60.5 Å². The molecule has 0 radical (unpaired) electrons. The van der Waals surface area contributed by atoms with Crippen molar-refractivity contribution in [2.75, 3.05) is 0 Å². The molecule has 0 N–H and O–H groups in total. The lowest BCUT2D eigenvalue weighted by molar-refractivity contribution is 0.252. The minimum absolute atomic E-state index is 0.858. The molecule has 2 aromatic rings. The van der Waals surface area contributed by atoms with Crippen LogP contribution in [-0.4, -0.2) is 9.97 Å². The van der Waals surface area contributed by atoms with Crippen LogP contribution in [0.25, 0.3) is 11.4 Å². The smallest absolute Gasteiger partial charge is 0.159 e. The summed E-state index contributed by atoms with van der Waals surface area (Å²) in [6.07, 6.45) is 25.8. The Morgan fingerprint density at radius 1 is 0.625 bits per heavy atom. The average molecular weight is 435 g/mol. The van der Waals surface area contributed by atoms with E-state index in [0.29, 0.717) is 0 Å². The quantitative estimate of drug-likeness (QED) is 0.277. The molecule has 2 nitrogen and oxygen atoms in total. The molecule has 0 amide bonds. The van der Waals surface area contributed by atoms with Crippen LogP contribution in [0, 0.1) is 11.8 Å². The fraction of sp³-hybridized carbons (Fsp3) is 0.667. The van der Waals surface area contributed by atoms with Crippen LogP contribution in [0.2, 0.25) is 0 Å². The first kappa shape index (κ1) is 24.9. The van der Waals surface area contributed by atoms with E-state index in [1.54, 1.807) is 0 Å². The summed E-state index contributed by atoms with van der Waals surface area (Å²) in [6, 6.07) is 8.91. The van der Waals surface area contributed by atoms with Gasteiger partial charge in [-0.1, -0.05) is 115 Å². The molecule has 0 saturated heterocycles. The van der Waals surface area contributed by atoms with Crippen molar-refractivity contribution in [3.05, 3.63) is 47.8 Å². The van der Waals surface area contributed by atoms with Crippen LogP contribution in [0.1, 0.15) is 115 Å². The van der Waals surface area contributed by atoms with Crippen LogP contribution in [0.5, 0.6) is 0 Å².